The first-order valence-electron chi connectivity index (χ1n) is 9.64. The third-order valence-corrected chi connectivity index (χ3v) is 6.42. The second kappa shape index (κ2) is 9.86. The van der Waals surface area contributed by atoms with E-state index in [1.165, 1.54) is 11.8 Å². The van der Waals surface area contributed by atoms with Gasteiger partial charge in [0.15, 0.2) is 5.16 Å². The number of anilines is 1. The summed E-state index contributed by atoms with van der Waals surface area (Å²) >= 11 is 13.7. The molecule has 0 aliphatic carbocycles. The second-order valence-electron chi connectivity index (χ2n) is 7.44. The van der Waals surface area contributed by atoms with Crippen LogP contribution in [0.1, 0.15) is 25.8 Å². The summed E-state index contributed by atoms with van der Waals surface area (Å²) in [4.78, 5) is 30.2. The maximum absolute atomic E-state index is 13.0. The van der Waals surface area contributed by atoms with E-state index in [0.717, 1.165) is 12.0 Å². The van der Waals surface area contributed by atoms with Gasteiger partial charge in [0, 0.05) is 6.54 Å². The maximum atomic E-state index is 13.0. The summed E-state index contributed by atoms with van der Waals surface area (Å²) < 4.78 is 1.66. The number of nitrogens with zero attached hydrogens (tertiary/aromatic N) is 2. The average Bonchev–Trinajstić information content (AvgIpc) is 2.72. The molecule has 3 rings (SSSR count). The van der Waals surface area contributed by atoms with Crippen LogP contribution in [0.25, 0.3) is 10.9 Å². The Morgan fingerprint density at radius 2 is 1.93 bits per heavy atom. The molecule has 0 radical (unpaired) electrons. The summed E-state index contributed by atoms with van der Waals surface area (Å²) in [5.41, 5.74) is 1.75. The summed E-state index contributed by atoms with van der Waals surface area (Å²) in [6.45, 7) is 6.60. The number of hydrogen-bond donors (Lipinski definition) is 1. The first-order chi connectivity index (χ1) is 14.3. The molecule has 158 valence electrons. The van der Waals surface area contributed by atoms with Crippen molar-refractivity contribution < 1.29 is 4.79 Å². The van der Waals surface area contributed by atoms with E-state index >= 15 is 0 Å². The molecule has 0 unspecified atom stereocenters. The van der Waals surface area contributed by atoms with E-state index in [1.54, 1.807) is 28.8 Å². The summed E-state index contributed by atoms with van der Waals surface area (Å²) in [7, 11) is 0. The highest BCUT2D eigenvalue weighted by Crippen LogP contribution is 2.33. The van der Waals surface area contributed by atoms with Gasteiger partial charge in [-0.25, -0.2) is 4.98 Å². The Balaban J connectivity index is 1.84. The van der Waals surface area contributed by atoms with Gasteiger partial charge in [-0.1, -0.05) is 67.0 Å². The van der Waals surface area contributed by atoms with Crippen molar-refractivity contribution in [1.82, 2.24) is 9.55 Å². The van der Waals surface area contributed by atoms with E-state index in [-0.39, 0.29) is 17.2 Å². The van der Waals surface area contributed by atoms with Crippen LogP contribution in [-0.4, -0.2) is 21.2 Å². The molecule has 0 fully saturated rings. The van der Waals surface area contributed by atoms with Gasteiger partial charge in [0.25, 0.3) is 5.56 Å². The van der Waals surface area contributed by atoms with Crippen molar-refractivity contribution in [2.45, 2.75) is 38.9 Å². The van der Waals surface area contributed by atoms with Crippen LogP contribution in [0.5, 0.6) is 0 Å². The van der Waals surface area contributed by atoms with Crippen LogP contribution < -0.4 is 10.9 Å². The molecule has 0 saturated heterocycles. The van der Waals surface area contributed by atoms with Crippen LogP contribution in [0.4, 0.5) is 5.69 Å². The number of nitrogens with one attached hydrogen (secondary N) is 1. The minimum Gasteiger partial charge on any atom is -0.323 e. The van der Waals surface area contributed by atoms with Crippen molar-refractivity contribution in [2.75, 3.05) is 11.1 Å². The average molecular weight is 464 g/mol. The van der Waals surface area contributed by atoms with E-state index in [4.69, 9.17) is 23.2 Å². The molecule has 1 amide bonds. The number of rotatable bonds is 7. The zero-order chi connectivity index (χ0) is 21.8. The number of carbonyl (C=O) groups excluding carboxylic acids is 1. The third-order valence-electron chi connectivity index (χ3n) is 4.64. The highest BCUT2D eigenvalue weighted by Gasteiger charge is 2.16. The monoisotopic (exact) mass is 463 g/mol. The molecule has 0 saturated carbocycles. The molecule has 0 bridgehead atoms. The maximum Gasteiger partial charge on any atom is 0.262 e. The Morgan fingerprint density at radius 3 is 2.67 bits per heavy atom. The molecule has 0 atom stereocenters. The fraction of sp³-hybridized carbons (Fsp3) is 0.318. The van der Waals surface area contributed by atoms with E-state index in [2.05, 4.69) is 24.1 Å². The first kappa shape index (κ1) is 22.7. The lowest BCUT2D eigenvalue weighted by Gasteiger charge is -2.15. The van der Waals surface area contributed by atoms with Gasteiger partial charge in [-0.3, -0.25) is 14.2 Å². The molecule has 0 aliphatic rings. The van der Waals surface area contributed by atoms with E-state index in [1.807, 2.05) is 19.1 Å². The molecule has 5 nitrogen and oxygen atoms in total. The minimum atomic E-state index is -0.271. The van der Waals surface area contributed by atoms with E-state index < -0.39 is 0 Å². The number of aryl methyl sites for hydroxylation is 1. The molecule has 3 aromatic rings. The molecule has 1 N–H and O–H groups in total. The van der Waals surface area contributed by atoms with Gasteiger partial charge >= 0.3 is 0 Å². The van der Waals surface area contributed by atoms with Crippen LogP contribution in [0, 0.1) is 12.8 Å². The fourth-order valence-electron chi connectivity index (χ4n) is 2.92. The topological polar surface area (TPSA) is 64.0 Å². The molecule has 1 heterocycles. The van der Waals surface area contributed by atoms with Crippen molar-refractivity contribution in [3.05, 3.63) is 62.4 Å². The predicted octanol–water partition coefficient (Wildman–Crippen LogP) is 5.79. The molecular weight excluding hydrogens is 441 g/mol. The summed E-state index contributed by atoms with van der Waals surface area (Å²) in [6.07, 6.45) is 0.841. The predicted molar refractivity (Wildman–Crippen MR) is 126 cm³/mol. The summed E-state index contributed by atoms with van der Waals surface area (Å²) in [6, 6.07) is 10.7. The standard InChI is InChI=1S/C22H23Cl2N3O2S/c1-13(2)10-11-27-21(29)15-6-4-5-7-17(15)25-22(27)30-12-18(28)26-20-16(23)9-8-14(3)19(20)24/h4-9,13H,10-12H2,1-3H3,(H,26,28). The van der Waals surface area contributed by atoms with Crippen molar-refractivity contribution in [3.8, 4) is 0 Å². The minimum absolute atomic E-state index is 0.0764. The number of fused-ring (bicyclic) bond motifs is 1. The number of benzene rings is 2. The van der Waals surface area contributed by atoms with Crippen molar-refractivity contribution in [2.24, 2.45) is 5.92 Å². The Bertz CT molecular complexity index is 1150. The Hall–Kier alpha value is -2.02. The highest BCUT2D eigenvalue weighted by atomic mass is 35.5. The first-order valence-corrected chi connectivity index (χ1v) is 11.4. The lowest BCUT2D eigenvalue weighted by atomic mass is 10.1. The van der Waals surface area contributed by atoms with Crippen LogP contribution in [-0.2, 0) is 11.3 Å². The van der Waals surface area contributed by atoms with E-state index in [0.29, 0.717) is 44.3 Å². The number of aromatic nitrogens is 2. The largest absolute Gasteiger partial charge is 0.323 e. The molecule has 1 aromatic heterocycles. The zero-order valence-electron chi connectivity index (χ0n) is 17.0. The number of hydrogen-bond acceptors (Lipinski definition) is 4. The van der Waals surface area contributed by atoms with Crippen LogP contribution >= 0.6 is 35.0 Å². The fourth-order valence-corrected chi connectivity index (χ4v) is 4.21. The normalized spacial score (nSPS) is 11.3. The molecule has 0 spiro atoms. The highest BCUT2D eigenvalue weighted by molar-refractivity contribution is 7.99. The van der Waals surface area contributed by atoms with Gasteiger partial charge in [0.1, 0.15) is 0 Å². The molecular formula is C22H23Cl2N3O2S. The van der Waals surface area contributed by atoms with Gasteiger partial charge in [0.2, 0.25) is 5.91 Å². The molecule has 8 heteroatoms. The number of halogens is 2. The zero-order valence-corrected chi connectivity index (χ0v) is 19.4. The van der Waals surface area contributed by atoms with Gasteiger partial charge in [-0.15, -0.1) is 0 Å². The summed E-state index contributed by atoms with van der Waals surface area (Å²) in [5.74, 6) is 0.245. The molecule has 30 heavy (non-hydrogen) atoms. The quantitative estimate of drug-likeness (QED) is 0.355. The van der Waals surface area contributed by atoms with Crippen molar-refractivity contribution in [1.29, 1.82) is 0 Å². The third kappa shape index (κ3) is 5.17. The number of carbonyl (C=O) groups is 1. The van der Waals surface area contributed by atoms with Crippen molar-refractivity contribution >= 4 is 57.5 Å². The molecule has 2 aromatic carbocycles. The lowest BCUT2D eigenvalue weighted by molar-refractivity contribution is -0.113. The summed E-state index contributed by atoms with van der Waals surface area (Å²) in [5, 5.41) is 4.67. The van der Waals surface area contributed by atoms with E-state index in [9.17, 15) is 9.59 Å². The van der Waals surface area contributed by atoms with Crippen molar-refractivity contribution in [3.63, 3.8) is 0 Å². The Morgan fingerprint density at radius 1 is 1.20 bits per heavy atom. The van der Waals surface area contributed by atoms with Gasteiger partial charge < -0.3 is 5.32 Å². The Labute approximate surface area is 189 Å². The van der Waals surface area contributed by atoms with Crippen LogP contribution in [0.2, 0.25) is 10.0 Å². The van der Waals surface area contributed by atoms with Crippen LogP contribution in [0.3, 0.4) is 0 Å². The molecule has 0 aliphatic heterocycles. The van der Waals surface area contributed by atoms with Gasteiger partial charge in [0.05, 0.1) is 32.4 Å². The number of amides is 1. The smallest absolute Gasteiger partial charge is 0.262 e. The Kier molecular flexibility index (Phi) is 7.45. The SMILES string of the molecule is Cc1ccc(Cl)c(NC(=O)CSc2nc3ccccc3c(=O)n2CCC(C)C)c1Cl. The number of thioether (sulfide) groups is 1. The second-order valence-corrected chi connectivity index (χ2v) is 9.17. The lowest BCUT2D eigenvalue weighted by Crippen LogP contribution is -2.25. The number of para-hydroxylation sites is 1. The van der Waals surface area contributed by atoms with Gasteiger partial charge in [-0.2, -0.15) is 0 Å². The van der Waals surface area contributed by atoms with Gasteiger partial charge in [-0.05, 0) is 43.0 Å². The van der Waals surface area contributed by atoms with Crippen LogP contribution in [0.15, 0.2) is 46.3 Å².